The molecule has 0 aromatic carbocycles. The third-order valence-corrected chi connectivity index (χ3v) is 0.653. The van der Waals surface area contributed by atoms with E-state index in [1.807, 2.05) is 14.0 Å². The van der Waals surface area contributed by atoms with Gasteiger partial charge in [-0.2, -0.15) is 5.10 Å². The molecule has 0 radical (unpaired) electrons. The van der Waals surface area contributed by atoms with Gasteiger partial charge in [0.15, 0.2) is 0 Å². The van der Waals surface area contributed by atoms with E-state index in [9.17, 15) is 0 Å². The van der Waals surface area contributed by atoms with Crippen molar-refractivity contribution in [3.8, 4) is 0 Å². The number of hydrazone groups is 1. The molecular formula is C4H11N3. The lowest BCUT2D eigenvalue weighted by molar-refractivity contribution is 0.936. The van der Waals surface area contributed by atoms with Gasteiger partial charge in [-0.05, 0) is 14.0 Å². The first kappa shape index (κ1) is 6.43. The van der Waals surface area contributed by atoms with E-state index in [1.165, 1.54) is 0 Å². The number of nitrogens with two attached hydrogens (primary N) is 1. The molecule has 0 aromatic heterocycles. The van der Waals surface area contributed by atoms with Gasteiger partial charge in [-0.1, -0.05) is 0 Å². The van der Waals surface area contributed by atoms with Crippen molar-refractivity contribution in [2.75, 3.05) is 13.6 Å². The standard InChI is InChI=1S/C4H11N3/c1-4(7-5)3-6-2/h6H,3,5H2,1-2H3/b7-4-. The lowest BCUT2D eigenvalue weighted by atomic mass is 10.4. The van der Waals surface area contributed by atoms with E-state index in [4.69, 9.17) is 5.84 Å². The van der Waals surface area contributed by atoms with Crippen LogP contribution in [0.1, 0.15) is 6.92 Å². The molecule has 0 rings (SSSR count). The number of rotatable bonds is 2. The molecule has 0 saturated heterocycles. The van der Waals surface area contributed by atoms with Crippen molar-refractivity contribution in [3.05, 3.63) is 0 Å². The van der Waals surface area contributed by atoms with Crippen molar-refractivity contribution in [2.45, 2.75) is 6.92 Å². The molecule has 0 spiro atoms. The highest BCUT2D eigenvalue weighted by atomic mass is 15.1. The predicted molar refractivity (Wildman–Crippen MR) is 31.2 cm³/mol. The maximum atomic E-state index is 4.91. The lowest BCUT2D eigenvalue weighted by Gasteiger charge is -1.91. The second kappa shape index (κ2) is 3.61. The zero-order chi connectivity index (χ0) is 5.70. The Kier molecular flexibility index (Phi) is 3.32. The van der Waals surface area contributed by atoms with E-state index >= 15 is 0 Å². The molecule has 3 nitrogen and oxygen atoms in total. The summed E-state index contributed by atoms with van der Waals surface area (Å²) in [5.74, 6) is 4.91. The van der Waals surface area contributed by atoms with E-state index in [-0.39, 0.29) is 0 Å². The van der Waals surface area contributed by atoms with Gasteiger partial charge < -0.3 is 11.2 Å². The third-order valence-electron chi connectivity index (χ3n) is 0.653. The monoisotopic (exact) mass is 101 g/mol. The van der Waals surface area contributed by atoms with Crippen molar-refractivity contribution >= 4 is 5.71 Å². The molecule has 0 amide bonds. The van der Waals surface area contributed by atoms with Crippen LogP contribution in [-0.4, -0.2) is 19.3 Å². The molecule has 0 bridgehead atoms. The van der Waals surface area contributed by atoms with Crippen LogP contribution in [0.3, 0.4) is 0 Å². The Morgan fingerprint density at radius 3 is 2.57 bits per heavy atom. The van der Waals surface area contributed by atoms with Crippen molar-refractivity contribution in [2.24, 2.45) is 10.9 Å². The fourth-order valence-electron chi connectivity index (χ4n) is 0.301. The molecule has 0 saturated carbocycles. The molecule has 0 fully saturated rings. The highest BCUT2D eigenvalue weighted by molar-refractivity contribution is 5.83. The Morgan fingerprint density at radius 1 is 1.86 bits per heavy atom. The Labute approximate surface area is 43.6 Å². The van der Waals surface area contributed by atoms with Gasteiger partial charge in [-0.3, -0.25) is 0 Å². The van der Waals surface area contributed by atoms with Crippen molar-refractivity contribution < 1.29 is 0 Å². The van der Waals surface area contributed by atoms with Crippen LogP contribution >= 0.6 is 0 Å². The van der Waals surface area contributed by atoms with E-state index in [0.29, 0.717) is 0 Å². The Balaban J connectivity index is 3.17. The van der Waals surface area contributed by atoms with Gasteiger partial charge >= 0.3 is 0 Å². The first-order valence-corrected chi connectivity index (χ1v) is 2.19. The van der Waals surface area contributed by atoms with Crippen LogP contribution in [0.5, 0.6) is 0 Å². The van der Waals surface area contributed by atoms with Gasteiger partial charge in [0.2, 0.25) is 0 Å². The van der Waals surface area contributed by atoms with E-state index in [2.05, 4.69) is 10.4 Å². The minimum atomic E-state index is 0.774. The third kappa shape index (κ3) is 3.26. The summed E-state index contributed by atoms with van der Waals surface area (Å²) in [7, 11) is 1.86. The second-order valence-corrected chi connectivity index (χ2v) is 1.39. The molecule has 0 heterocycles. The van der Waals surface area contributed by atoms with Crippen LogP contribution in [0, 0.1) is 0 Å². The number of hydrogen-bond acceptors (Lipinski definition) is 3. The van der Waals surface area contributed by atoms with Gasteiger partial charge in [0.25, 0.3) is 0 Å². The normalized spacial score (nSPS) is 12.0. The minimum Gasteiger partial charge on any atom is -0.323 e. The molecule has 0 atom stereocenters. The number of hydrogen-bond donors (Lipinski definition) is 2. The largest absolute Gasteiger partial charge is 0.323 e. The van der Waals surface area contributed by atoms with Gasteiger partial charge in [0.1, 0.15) is 0 Å². The molecule has 3 N–H and O–H groups in total. The lowest BCUT2D eigenvalue weighted by Crippen LogP contribution is -2.16. The van der Waals surface area contributed by atoms with Gasteiger partial charge in [0, 0.05) is 12.3 Å². The summed E-state index contributed by atoms with van der Waals surface area (Å²) < 4.78 is 0. The molecule has 0 aliphatic carbocycles. The summed E-state index contributed by atoms with van der Waals surface area (Å²) in [6, 6.07) is 0. The first-order valence-electron chi connectivity index (χ1n) is 2.19. The van der Waals surface area contributed by atoms with Crippen LogP contribution in [-0.2, 0) is 0 Å². The SMILES string of the molecule is CNC/C(C)=N\N. The highest BCUT2D eigenvalue weighted by Crippen LogP contribution is 1.64. The summed E-state index contributed by atoms with van der Waals surface area (Å²) in [4.78, 5) is 0. The Morgan fingerprint density at radius 2 is 2.43 bits per heavy atom. The summed E-state index contributed by atoms with van der Waals surface area (Å²) in [6.07, 6.45) is 0. The summed E-state index contributed by atoms with van der Waals surface area (Å²) >= 11 is 0. The summed E-state index contributed by atoms with van der Waals surface area (Å²) in [5, 5.41) is 6.34. The molecule has 0 aliphatic heterocycles. The van der Waals surface area contributed by atoms with Crippen LogP contribution in [0.4, 0.5) is 0 Å². The van der Waals surface area contributed by atoms with E-state index in [1.54, 1.807) is 0 Å². The average Bonchev–Trinajstić information content (AvgIpc) is 1.68. The predicted octanol–water partition coefficient (Wildman–Crippen LogP) is -0.460. The molecule has 42 valence electrons. The van der Waals surface area contributed by atoms with Crippen LogP contribution in [0.2, 0.25) is 0 Å². The summed E-state index contributed by atoms with van der Waals surface area (Å²) in [6.45, 7) is 2.65. The molecule has 7 heavy (non-hydrogen) atoms. The van der Waals surface area contributed by atoms with E-state index in [0.717, 1.165) is 12.3 Å². The van der Waals surface area contributed by atoms with Crippen molar-refractivity contribution in [1.82, 2.24) is 5.32 Å². The maximum Gasteiger partial charge on any atom is 0.0482 e. The number of nitrogens with one attached hydrogen (secondary N) is 1. The van der Waals surface area contributed by atoms with Crippen LogP contribution < -0.4 is 11.2 Å². The van der Waals surface area contributed by atoms with Crippen LogP contribution in [0.25, 0.3) is 0 Å². The average molecular weight is 101 g/mol. The van der Waals surface area contributed by atoms with Gasteiger partial charge in [0.05, 0.1) is 0 Å². The topological polar surface area (TPSA) is 50.4 Å². The fraction of sp³-hybridized carbons (Fsp3) is 0.750. The molecule has 0 aliphatic rings. The van der Waals surface area contributed by atoms with Crippen molar-refractivity contribution in [3.63, 3.8) is 0 Å². The Bertz CT molecular complexity index is 67.3. The summed E-state index contributed by atoms with van der Waals surface area (Å²) in [5.41, 5.74) is 0.919. The molecule has 0 unspecified atom stereocenters. The quantitative estimate of drug-likeness (QED) is 0.281. The minimum absolute atomic E-state index is 0.774. The van der Waals surface area contributed by atoms with Crippen molar-refractivity contribution in [1.29, 1.82) is 0 Å². The number of nitrogens with zero attached hydrogens (tertiary/aromatic N) is 1. The van der Waals surface area contributed by atoms with Gasteiger partial charge in [-0.15, -0.1) is 0 Å². The van der Waals surface area contributed by atoms with E-state index < -0.39 is 0 Å². The van der Waals surface area contributed by atoms with Gasteiger partial charge in [-0.25, -0.2) is 0 Å². The smallest absolute Gasteiger partial charge is 0.0482 e. The first-order chi connectivity index (χ1) is 3.31. The highest BCUT2D eigenvalue weighted by Gasteiger charge is 1.81. The zero-order valence-electron chi connectivity index (χ0n) is 4.73. The molecule has 0 aromatic rings. The fourth-order valence-corrected chi connectivity index (χ4v) is 0.301. The molecule has 3 heteroatoms. The Hall–Kier alpha value is -0.570. The zero-order valence-corrected chi connectivity index (χ0v) is 4.73. The maximum absolute atomic E-state index is 4.91. The molecular weight excluding hydrogens is 90.1 g/mol. The second-order valence-electron chi connectivity index (χ2n) is 1.39. The van der Waals surface area contributed by atoms with Crippen LogP contribution in [0.15, 0.2) is 5.10 Å².